The molecule has 1 aromatic rings. The number of anilines is 1. The molecule has 0 amide bonds. The standard InChI is InChI=1S/C10H15NO2/c12-10-4-2-1-3-9(10)11-8-5-6-13-7-8/h5-7,9-12H,1-4H2/t9-,10-/m1/s1. The van der Waals surface area contributed by atoms with Crippen LogP contribution in [-0.4, -0.2) is 17.3 Å². The maximum absolute atomic E-state index is 9.67. The molecule has 3 nitrogen and oxygen atoms in total. The van der Waals surface area contributed by atoms with E-state index in [9.17, 15) is 5.11 Å². The topological polar surface area (TPSA) is 45.4 Å². The molecular weight excluding hydrogens is 166 g/mol. The van der Waals surface area contributed by atoms with Crippen molar-refractivity contribution in [2.75, 3.05) is 5.32 Å². The Hall–Kier alpha value is -0.960. The zero-order valence-corrected chi connectivity index (χ0v) is 7.57. The first-order valence-electron chi connectivity index (χ1n) is 4.83. The van der Waals surface area contributed by atoms with Crippen LogP contribution in [0.1, 0.15) is 25.7 Å². The number of aliphatic hydroxyl groups excluding tert-OH is 1. The molecule has 0 bridgehead atoms. The second-order valence-electron chi connectivity index (χ2n) is 3.61. The van der Waals surface area contributed by atoms with Gasteiger partial charge in [-0.25, -0.2) is 0 Å². The molecule has 0 saturated heterocycles. The van der Waals surface area contributed by atoms with E-state index in [1.165, 1.54) is 6.42 Å². The van der Waals surface area contributed by atoms with Gasteiger partial charge in [-0.15, -0.1) is 0 Å². The van der Waals surface area contributed by atoms with Crippen molar-refractivity contribution in [2.45, 2.75) is 37.8 Å². The van der Waals surface area contributed by atoms with E-state index in [1.54, 1.807) is 12.5 Å². The van der Waals surface area contributed by atoms with E-state index in [4.69, 9.17) is 4.42 Å². The summed E-state index contributed by atoms with van der Waals surface area (Å²) in [5.41, 5.74) is 0.964. The third kappa shape index (κ3) is 2.04. The fraction of sp³-hybridized carbons (Fsp3) is 0.600. The highest BCUT2D eigenvalue weighted by Gasteiger charge is 2.22. The van der Waals surface area contributed by atoms with Gasteiger partial charge in [0, 0.05) is 0 Å². The Bertz CT molecular complexity index is 245. The molecule has 0 spiro atoms. The van der Waals surface area contributed by atoms with Crippen LogP contribution in [0.15, 0.2) is 23.0 Å². The van der Waals surface area contributed by atoms with Gasteiger partial charge in [-0.3, -0.25) is 0 Å². The van der Waals surface area contributed by atoms with Gasteiger partial charge in [0.2, 0.25) is 0 Å². The lowest BCUT2D eigenvalue weighted by Gasteiger charge is -2.28. The van der Waals surface area contributed by atoms with Gasteiger partial charge in [-0.05, 0) is 18.9 Å². The van der Waals surface area contributed by atoms with Gasteiger partial charge in [0.1, 0.15) is 6.26 Å². The fourth-order valence-electron chi connectivity index (χ4n) is 1.84. The minimum Gasteiger partial charge on any atom is -0.470 e. The molecule has 1 aliphatic carbocycles. The third-order valence-electron chi connectivity index (χ3n) is 2.60. The summed E-state index contributed by atoms with van der Waals surface area (Å²) in [4.78, 5) is 0. The molecule has 0 radical (unpaired) electrons. The molecule has 0 aliphatic heterocycles. The lowest BCUT2D eigenvalue weighted by Crippen LogP contribution is -2.36. The van der Waals surface area contributed by atoms with E-state index >= 15 is 0 Å². The molecule has 1 saturated carbocycles. The maximum Gasteiger partial charge on any atom is 0.113 e. The van der Waals surface area contributed by atoms with Gasteiger partial charge in [0.15, 0.2) is 0 Å². The highest BCUT2D eigenvalue weighted by atomic mass is 16.3. The Kier molecular flexibility index (Phi) is 2.54. The first-order valence-corrected chi connectivity index (χ1v) is 4.83. The molecule has 2 rings (SSSR count). The van der Waals surface area contributed by atoms with Crippen LogP contribution in [0.4, 0.5) is 5.69 Å². The van der Waals surface area contributed by atoms with E-state index in [0.29, 0.717) is 0 Å². The quantitative estimate of drug-likeness (QED) is 0.733. The average molecular weight is 181 g/mol. The lowest BCUT2D eigenvalue weighted by molar-refractivity contribution is 0.116. The Morgan fingerprint density at radius 3 is 2.92 bits per heavy atom. The van der Waals surface area contributed by atoms with E-state index in [0.717, 1.165) is 24.9 Å². The largest absolute Gasteiger partial charge is 0.470 e. The van der Waals surface area contributed by atoms with Crippen molar-refractivity contribution in [3.63, 3.8) is 0 Å². The first-order chi connectivity index (χ1) is 6.36. The number of rotatable bonds is 2. The number of nitrogens with one attached hydrogen (secondary N) is 1. The van der Waals surface area contributed by atoms with Crippen LogP contribution in [0.2, 0.25) is 0 Å². The van der Waals surface area contributed by atoms with Crippen molar-refractivity contribution in [3.8, 4) is 0 Å². The zero-order valence-electron chi connectivity index (χ0n) is 7.57. The summed E-state index contributed by atoms with van der Waals surface area (Å²) in [6, 6.07) is 2.08. The minimum atomic E-state index is -0.205. The molecule has 2 N–H and O–H groups in total. The number of aliphatic hydroxyl groups is 1. The van der Waals surface area contributed by atoms with Crippen LogP contribution in [0.3, 0.4) is 0 Å². The minimum absolute atomic E-state index is 0.200. The second kappa shape index (κ2) is 3.83. The van der Waals surface area contributed by atoms with Crippen molar-refractivity contribution in [3.05, 3.63) is 18.6 Å². The first kappa shape index (κ1) is 8.63. The molecule has 3 heteroatoms. The van der Waals surface area contributed by atoms with Crippen molar-refractivity contribution in [1.82, 2.24) is 0 Å². The lowest BCUT2D eigenvalue weighted by atomic mass is 9.92. The highest BCUT2D eigenvalue weighted by molar-refractivity contribution is 5.40. The van der Waals surface area contributed by atoms with Gasteiger partial charge < -0.3 is 14.8 Å². The van der Waals surface area contributed by atoms with Crippen LogP contribution < -0.4 is 5.32 Å². The predicted molar refractivity (Wildman–Crippen MR) is 50.6 cm³/mol. The molecule has 0 aromatic carbocycles. The van der Waals surface area contributed by atoms with Crippen LogP contribution >= 0.6 is 0 Å². The Balaban J connectivity index is 1.93. The van der Waals surface area contributed by atoms with Gasteiger partial charge in [0.25, 0.3) is 0 Å². The summed E-state index contributed by atoms with van der Waals surface area (Å²) in [5.74, 6) is 0. The summed E-state index contributed by atoms with van der Waals surface area (Å²) in [6.07, 6.45) is 7.40. The molecular formula is C10H15NO2. The zero-order chi connectivity index (χ0) is 9.10. The number of furan rings is 1. The van der Waals surface area contributed by atoms with Crippen LogP contribution in [-0.2, 0) is 0 Å². The molecule has 2 atom stereocenters. The number of hydrogen-bond acceptors (Lipinski definition) is 3. The summed E-state index contributed by atoms with van der Waals surface area (Å²) >= 11 is 0. The van der Waals surface area contributed by atoms with Gasteiger partial charge in [-0.1, -0.05) is 12.8 Å². The van der Waals surface area contributed by atoms with Crippen molar-refractivity contribution < 1.29 is 9.52 Å². The SMILES string of the molecule is O[C@@H]1CCCC[C@H]1Nc1ccoc1. The van der Waals surface area contributed by atoms with E-state index in [2.05, 4.69) is 5.32 Å². The molecule has 0 unspecified atom stereocenters. The maximum atomic E-state index is 9.67. The monoisotopic (exact) mass is 181 g/mol. The van der Waals surface area contributed by atoms with Crippen LogP contribution in [0, 0.1) is 0 Å². The molecule has 1 aliphatic rings. The van der Waals surface area contributed by atoms with Crippen molar-refractivity contribution >= 4 is 5.69 Å². The van der Waals surface area contributed by atoms with Gasteiger partial charge >= 0.3 is 0 Å². The van der Waals surface area contributed by atoms with Crippen molar-refractivity contribution in [2.24, 2.45) is 0 Å². The normalized spacial score (nSPS) is 28.7. The highest BCUT2D eigenvalue weighted by Crippen LogP contribution is 2.22. The van der Waals surface area contributed by atoms with Crippen LogP contribution in [0.25, 0.3) is 0 Å². The molecule has 72 valence electrons. The molecule has 1 aromatic heterocycles. The molecule has 1 heterocycles. The van der Waals surface area contributed by atoms with E-state index in [-0.39, 0.29) is 12.1 Å². The summed E-state index contributed by atoms with van der Waals surface area (Å²) in [5, 5.41) is 12.9. The van der Waals surface area contributed by atoms with Gasteiger partial charge in [0.05, 0.1) is 24.1 Å². The molecule has 1 fully saturated rings. The summed E-state index contributed by atoms with van der Waals surface area (Å²) < 4.78 is 4.95. The van der Waals surface area contributed by atoms with E-state index < -0.39 is 0 Å². The fourth-order valence-corrected chi connectivity index (χ4v) is 1.84. The van der Waals surface area contributed by atoms with E-state index in [1.807, 2.05) is 6.07 Å². The summed E-state index contributed by atoms with van der Waals surface area (Å²) in [7, 11) is 0. The van der Waals surface area contributed by atoms with Gasteiger partial charge in [-0.2, -0.15) is 0 Å². The number of hydrogen-bond donors (Lipinski definition) is 2. The summed E-state index contributed by atoms with van der Waals surface area (Å²) in [6.45, 7) is 0. The smallest absolute Gasteiger partial charge is 0.113 e. The molecule has 13 heavy (non-hydrogen) atoms. The second-order valence-corrected chi connectivity index (χ2v) is 3.61. The average Bonchev–Trinajstić information content (AvgIpc) is 2.61. The Morgan fingerprint density at radius 1 is 1.38 bits per heavy atom. The third-order valence-corrected chi connectivity index (χ3v) is 2.60. The Labute approximate surface area is 77.8 Å². The van der Waals surface area contributed by atoms with Crippen molar-refractivity contribution in [1.29, 1.82) is 0 Å². The Morgan fingerprint density at radius 2 is 2.23 bits per heavy atom. The predicted octanol–water partition coefficient (Wildman–Crippen LogP) is 1.99. The van der Waals surface area contributed by atoms with Crippen LogP contribution in [0.5, 0.6) is 0 Å².